The molecule has 10 nitrogen and oxygen atoms in total. The molecule has 3 aromatic rings. The van der Waals surface area contributed by atoms with E-state index in [9.17, 15) is 15.3 Å². The number of hydrogen-bond donors (Lipinski definition) is 4. The van der Waals surface area contributed by atoms with E-state index in [1.165, 1.54) is 10.9 Å². The first-order valence-electron chi connectivity index (χ1n) is 9.45. The number of ether oxygens (including phenoxy) is 2. The van der Waals surface area contributed by atoms with Gasteiger partial charge in [-0.25, -0.2) is 4.98 Å². The summed E-state index contributed by atoms with van der Waals surface area (Å²) in [6.07, 6.45) is -2.95. The van der Waals surface area contributed by atoms with Gasteiger partial charge in [0.15, 0.2) is 23.2 Å². The third kappa shape index (κ3) is 4.05. The standard InChI is InChI=1S/C19H22ClN5O5/c1-10(8-29-11-5-3-2-4-6-11)22-16-13-17(24-19(20)23-16)25(9-21-13)18-15(28)14(27)12(7-26)30-18/h2-6,9-10,12,14-15,18,26-28H,7-8H2,1H3,(H,22,23,24)/t10-,12-,14?,15?,18-/m1/s1. The van der Waals surface area contributed by atoms with Crippen LogP contribution in [0.5, 0.6) is 5.75 Å². The lowest BCUT2D eigenvalue weighted by Crippen LogP contribution is -2.33. The van der Waals surface area contributed by atoms with Crippen molar-refractivity contribution >= 4 is 28.6 Å². The zero-order valence-electron chi connectivity index (χ0n) is 16.1. The average molecular weight is 436 g/mol. The van der Waals surface area contributed by atoms with E-state index in [1.807, 2.05) is 37.3 Å². The fraction of sp³-hybridized carbons (Fsp3) is 0.421. The van der Waals surface area contributed by atoms with Gasteiger partial charge >= 0.3 is 0 Å². The molecule has 1 aliphatic rings. The Kier molecular flexibility index (Phi) is 6.02. The summed E-state index contributed by atoms with van der Waals surface area (Å²) in [6, 6.07) is 9.32. The summed E-state index contributed by atoms with van der Waals surface area (Å²) in [6.45, 7) is 1.87. The largest absolute Gasteiger partial charge is 0.491 e. The minimum atomic E-state index is -1.26. The number of benzene rings is 1. The van der Waals surface area contributed by atoms with E-state index < -0.39 is 31.1 Å². The predicted molar refractivity (Wildman–Crippen MR) is 108 cm³/mol. The van der Waals surface area contributed by atoms with Crippen molar-refractivity contribution in [2.45, 2.75) is 37.5 Å². The molecule has 1 aromatic carbocycles. The number of para-hydroxylation sites is 1. The van der Waals surface area contributed by atoms with Crippen molar-refractivity contribution in [3.63, 3.8) is 0 Å². The Morgan fingerprint density at radius 3 is 2.70 bits per heavy atom. The number of nitrogens with zero attached hydrogens (tertiary/aromatic N) is 4. The van der Waals surface area contributed by atoms with Crippen LogP contribution in [-0.4, -0.2) is 72.4 Å². The zero-order chi connectivity index (χ0) is 21.3. The van der Waals surface area contributed by atoms with Gasteiger partial charge in [-0.15, -0.1) is 0 Å². The molecule has 0 amide bonds. The van der Waals surface area contributed by atoms with Crippen LogP contribution in [0.4, 0.5) is 5.82 Å². The molecule has 30 heavy (non-hydrogen) atoms. The summed E-state index contributed by atoms with van der Waals surface area (Å²) in [4.78, 5) is 12.7. The van der Waals surface area contributed by atoms with Crippen molar-refractivity contribution in [2.24, 2.45) is 0 Å². The van der Waals surface area contributed by atoms with Gasteiger partial charge in [-0.2, -0.15) is 9.97 Å². The summed E-state index contributed by atoms with van der Waals surface area (Å²) in [5.41, 5.74) is 0.743. The quantitative estimate of drug-likeness (QED) is 0.400. The molecule has 1 aliphatic heterocycles. The Hall–Kier alpha value is -2.50. The first-order valence-corrected chi connectivity index (χ1v) is 9.82. The van der Waals surface area contributed by atoms with Crippen LogP contribution in [0.25, 0.3) is 11.2 Å². The van der Waals surface area contributed by atoms with Crippen LogP contribution in [-0.2, 0) is 4.74 Å². The maximum absolute atomic E-state index is 10.3. The molecule has 5 atom stereocenters. The highest BCUT2D eigenvalue weighted by molar-refractivity contribution is 6.28. The van der Waals surface area contributed by atoms with E-state index in [1.54, 1.807) is 0 Å². The fourth-order valence-corrected chi connectivity index (χ4v) is 3.46. The summed E-state index contributed by atoms with van der Waals surface area (Å²) in [5, 5.41) is 32.8. The summed E-state index contributed by atoms with van der Waals surface area (Å²) < 4.78 is 12.8. The number of aliphatic hydroxyl groups excluding tert-OH is 3. The van der Waals surface area contributed by atoms with Gasteiger partial charge in [-0.05, 0) is 30.7 Å². The number of rotatable bonds is 7. The summed E-state index contributed by atoms with van der Waals surface area (Å²) in [7, 11) is 0. The van der Waals surface area contributed by atoms with Crippen molar-refractivity contribution in [1.29, 1.82) is 0 Å². The molecule has 1 fully saturated rings. The zero-order valence-corrected chi connectivity index (χ0v) is 16.8. The number of fused-ring (bicyclic) bond motifs is 1. The van der Waals surface area contributed by atoms with Gasteiger partial charge in [-0.3, -0.25) is 4.57 Å². The van der Waals surface area contributed by atoms with Gasteiger partial charge in [0.1, 0.15) is 30.7 Å². The van der Waals surface area contributed by atoms with Gasteiger partial charge < -0.3 is 30.1 Å². The van der Waals surface area contributed by atoms with Crippen LogP contribution in [0.15, 0.2) is 36.7 Å². The average Bonchev–Trinajstić information content (AvgIpc) is 3.28. The van der Waals surface area contributed by atoms with Crippen LogP contribution in [0, 0.1) is 0 Å². The second-order valence-electron chi connectivity index (χ2n) is 7.06. The lowest BCUT2D eigenvalue weighted by molar-refractivity contribution is -0.0511. The van der Waals surface area contributed by atoms with E-state index in [0.717, 1.165) is 5.75 Å². The van der Waals surface area contributed by atoms with Crippen molar-refractivity contribution < 1.29 is 24.8 Å². The van der Waals surface area contributed by atoms with Crippen molar-refractivity contribution in [1.82, 2.24) is 19.5 Å². The van der Waals surface area contributed by atoms with Crippen molar-refractivity contribution in [3.05, 3.63) is 41.9 Å². The molecular weight excluding hydrogens is 414 g/mol. The molecule has 0 bridgehead atoms. The highest BCUT2D eigenvalue weighted by Gasteiger charge is 2.44. The van der Waals surface area contributed by atoms with Gasteiger partial charge in [0.2, 0.25) is 5.28 Å². The Morgan fingerprint density at radius 1 is 1.23 bits per heavy atom. The molecule has 0 radical (unpaired) electrons. The van der Waals surface area contributed by atoms with Crippen molar-refractivity contribution in [3.8, 4) is 5.75 Å². The molecular formula is C19H22ClN5O5. The molecule has 1 saturated heterocycles. The molecule has 2 aromatic heterocycles. The van der Waals surface area contributed by atoms with E-state index in [4.69, 9.17) is 21.1 Å². The predicted octanol–water partition coefficient (Wildman–Crippen LogP) is 0.971. The Labute approximate surface area is 177 Å². The number of halogens is 1. The monoisotopic (exact) mass is 435 g/mol. The third-order valence-electron chi connectivity index (χ3n) is 4.81. The first-order chi connectivity index (χ1) is 14.5. The number of aliphatic hydroxyl groups is 3. The molecule has 11 heteroatoms. The van der Waals surface area contributed by atoms with Gasteiger partial charge in [-0.1, -0.05) is 18.2 Å². The van der Waals surface area contributed by atoms with Crippen LogP contribution in [0.3, 0.4) is 0 Å². The van der Waals surface area contributed by atoms with Crippen molar-refractivity contribution in [2.75, 3.05) is 18.5 Å². The van der Waals surface area contributed by atoms with Gasteiger partial charge in [0.25, 0.3) is 0 Å². The van der Waals surface area contributed by atoms with Crippen LogP contribution in [0.2, 0.25) is 5.28 Å². The molecule has 160 valence electrons. The molecule has 4 N–H and O–H groups in total. The minimum absolute atomic E-state index is 0.0188. The molecule has 3 heterocycles. The number of aromatic nitrogens is 4. The number of anilines is 1. The highest BCUT2D eigenvalue weighted by Crippen LogP contribution is 2.32. The first kappa shape index (κ1) is 20.8. The van der Waals surface area contributed by atoms with Crippen LogP contribution < -0.4 is 10.1 Å². The molecule has 0 aliphatic carbocycles. The Morgan fingerprint density at radius 2 is 2.00 bits per heavy atom. The highest BCUT2D eigenvalue weighted by atomic mass is 35.5. The van der Waals surface area contributed by atoms with Gasteiger partial charge in [0.05, 0.1) is 19.0 Å². The Balaban J connectivity index is 1.55. The number of hydrogen-bond acceptors (Lipinski definition) is 9. The summed E-state index contributed by atoms with van der Waals surface area (Å²) >= 11 is 6.11. The van der Waals surface area contributed by atoms with Crippen LogP contribution in [0.1, 0.15) is 13.2 Å². The molecule has 2 unspecified atom stereocenters. The normalized spacial score (nSPS) is 24.8. The second-order valence-corrected chi connectivity index (χ2v) is 7.40. The molecule has 4 rings (SSSR count). The maximum Gasteiger partial charge on any atom is 0.226 e. The molecule has 0 spiro atoms. The lowest BCUT2D eigenvalue weighted by Gasteiger charge is -2.18. The third-order valence-corrected chi connectivity index (χ3v) is 4.98. The lowest BCUT2D eigenvalue weighted by atomic mass is 10.1. The van der Waals surface area contributed by atoms with Gasteiger partial charge in [0, 0.05) is 0 Å². The fourth-order valence-electron chi connectivity index (χ4n) is 3.30. The minimum Gasteiger partial charge on any atom is -0.491 e. The second kappa shape index (κ2) is 8.70. The number of nitrogens with one attached hydrogen (secondary N) is 1. The topological polar surface area (TPSA) is 135 Å². The SMILES string of the molecule is C[C@H](COc1ccccc1)Nc1nc(Cl)nc2c1ncn2[C@@H]1O[C@H](CO)C(O)C1O. The summed E-state index contributed by atoms with van der Waals surface area (Å²) in [5.74, 6) is 1.16. The smallest absolute Gasteiger partial charge is 0.226 e. The maximum atomic E-state index is 10.3. The number of imidazole rings is 1. The van der Waals surface area contributed by atoms with Crippen LogP contribution >= 0.6 is 11.6 Å². The van der Waals surface area contributed by atoms with E-state index >= 15 is 0 Å². The molecule has 0 saturated carbocycles. The Bertz CT molecular complexity index is 1000. The van der Waals surface area contributed by atoms with E-state index in [0.29, 0.717) is 23.6 Å². The van der Waals surface area contributed by atoms with E-state index in [2.05, 4.69) is 20.3 Å². The van der Waals surface area contributed by atoms with E-state index in [-0.39, 0.29) is 11.3 Å².